The summed E-state index contributed by atoms with van der Waals surface area (Å²) >= 11 is 18.2. The molecule has 0 saturated carbocycles. The molecule has 0 radical (unpaired) electrons. The van der Waals surface area contributed by atoms with Crippen molar-refractivity contribution in [2.75, 3.05) is 31.1 Å². The molecule has 0 aliphatic carbocycles. The van der Waals surface area contributed by atoms with E-state index in [2.05, 4.69) is 4.90 Å². The molecule has 0 spiro atoms. The fraction of sp³-hybridized carbons (Fsp3) is 0.235. The van der Waals surface area contributed by atoms with Gasteiger partial charge in [-0.3, -0.25) is 4.79 Å². The second-order valence-corrected chi connectivity index (χ2v) is 6.60. The Kier molecular flexibility index (Phi) is 5.00. The van der Waals surface area contributed by atoms with E-state index >= 15 is 0 Å². The van der Waals surface area contributed by atoms with Crippen LogP contribution in [0.15, 0.2) is 42.5 Å². The van der Waals surface area contributed by atoms with Crippen molar-refractivity contribution in [3.8, 4) is 0 Å². The molecule has 3 rings (SSSR count). The minimum atomic E-state index is -0.114. The highest BCUT2D eigenvalue weighted by Gasteiger charge is 2.25. The van der Waals surface area contributed by atoms with Crippen LogP contribution in [0.3, 0.4) is 0 Å². The first-order valence-corrected chi connectivity index (χ1v) is 8.43. The molecule has 1 amide bonds. The van der Waals surface area contributed by atoms with Crippen molar-refractivity contribution < 1.29 is 4.79 Å². The van der Waals surface area contributed by atoms with Gasteiger partial charge in [0.1, 0.15) is 0 Å². The van der Waals surface area contributed by atoms with Crippen molar-refractivity contribution in [1.82, 2.24) is 4.90 Å². The molecule has 1 saturated heterocycles. The molecule has 1 aliphatic heterocycles. The van der Waals surface area contributed by atoms with Crippen molar-refractivity contribution in [3.63, 3.8) is 0 Å². The van der Waals surface area contributed by atoms with Gasteiger partial charge in [0.05, 0.1) is 15.6 Å². The Morgan fingerprint density at radius 1 is 0.826 bits per heavy atom. The van der Waals surface area contributed by atoms with Gasteiger partial charge in [-0.25, -0.2) is 0 Å². The Bertz CT molecular complexity index is 690. The number of carbonyl (C=O) groups is 1. The minimum absolute atomic E-state index is 0.114. The first-order valence-electron chi connectivity index (χ1n) is 7.30. The maximum Gasteiger partial charge on any atom is 0.257 e. The molecule has 0 atom stereocenters. The van der Waals surface area contributed by atoms with Gasteiger partial charge in [0.25, 0.3) is 5.91 Å². The topological polar surface area (TPSA) is 23.6 Å². The van der Waals surface area contributed by atoms with Crippen molar-refractivity contribution in [2.45, 2.75) is 0 Å². The van der Waals surface area contributed by atoms with Crippen LogP contribution in [0.5, 0.6) is 0 Å². The Morgan fingerprint density at radius 3 is 1.96 bits per heavy atom. The van der Waals surface area contributed by atoms with E-state index in [-0.39, 0.29) is 5.91 Å². The monoisotopic (exact) mass is 368 g/mol. The van der Waals surface area contributed by atoms with E-state index in [1.807, 2.05) is 24.3 Å². The van der Waals surface area contributed by atoms with E-state index in [1.165, 1.54) is 0 Å². The third-order valence-corrected chi connectivity index (χ3v) is 4.82. The zero-order valence-electron chi connectivity index (χ0n) is 12.3. The molecule has 3 nitrogen and oxygen atoms in total. The molecular weight excluding hydrogens is 355 g/mol. The number of rotatable bonds is 2. The second-order valence-electron chi connectivity index (χ2n) is 5.35. The number of hydrogen-bond donors (Lipinski definition) is 0. The van der Waals surface area contributed by atoms with E-state index in [0.29, 0.717) is 28.7 Å². The van der Waals surface area contributed by atoms with E-state index in [9.17, 15) is 4.79 Å². The summed E-state index contributed by atoms with van der Waals surface area (Å²) in [6.45, 7) is 2.77. The SMILES string of the molecule is O=C(c1c(Cl)cccc1Cl)N1CCN(c2ccc(Cl)cc2)CC1. The fourth-order valence-corrected chi connectivity index (χ4v) is 3.36. The second kappa shape index (κ2) is 7.00. The van der Waals surface area contributed by atoms with Crippen LogP contribution >= 0.6 is 34.8 Å². The van der Waals surface area contributed by atoms with E-state index in [1.54, 1.807) is 23.1 Å². The summed E-state index contributed by atoms with van der Waals surface area (Å²) in [6, 6.07) is 12.8. The van der Waals surface area contributed by atoms with Gasteiger partial charge >= 0.3 is 0 Å². The van der Waals surface area contributed by atoms with Crippen molar-refractivity contribution in [1.29, 1.82) is 0 Å². The lowest BCUT2D eigenvalue weighted by Gasteiger charge is -2.36. The largest absolute Gasteiger partial charge is 0.368 e. The number of piperazine rings is 1. The van der Waals surface area contributed by atoms with Crippen LogP contribution in [0.4, 0.5) is 5.69 Å². The summed E-state index contributed by atoms with van der Waals surface area (Å²) in [4.78, 5) is 16.7. The molecule has 1 heterocycles. The van der Waals surface area contributed by atoms with Crippen LogP contribution in [0.25, 0.3) is 0 Å². The van der Waals surface area contributed by atoms with Crippen LogP contribution in [0.2, 0.25) is 15.1 Å². The minimum Gasteiger partial charge on any atom is -0.368 e. The van der Waals surface area contributed by atoms with Gasteiger partial charge in [0.2, 0.25) is 0 Å². The number of anilines is 1. The van der Waals surface area contributed by atoms with E-state index < -0.39 is 0 Å². The van der Waals surface area contributed by atoms with Crippen LogP contribution < -0.4 is 4.90 Å². The van der Waals surface area contributed by atoms with Crippen molar-refractivity contribution >= 4 is 46.4 Å². The van der Waals surface area contributed by atoms with Crippen LogP contribution in [-0.4, -0.2) is 37.0 Å². The highest BCUT2D eigenvalue weighted by molar-refractivity contribution is 6.39. The fourth-order valence-electron chi connectivity index (χ4n) is 2.68. The number of nitrogens with zero attached hydrogens (tertiary/aromatic N) is 2. The predicted molar refractivity (Wildman–Crippen MR) is 96.0 cm³/mol. The van der Waals surface area contributed by atoms with Gasteiger partial charge in [-0.2, -0.15) is 0 Å². The third-order valence-electron chi connectivity index (χ3n) is 3.94. The Morgan fingerprint density at radius 2 is 1.39 bits per heavy atom. The summed E-state index contributed by atoms with van der Waals surface area (Å²) in [7, 11) is 0. The standard InChI is InChI=1S/C17H15Cl3N2O/c18-12-4-6-13(7-5-12)21-8-10-22(11-9-21)17(23)16-14(19)2-1-3-15(16)20/h1-7H,8-11H2. The quantitative estimate of drug-likeness (QED) is 0.772. The van der Waals surface area contributed by atoms with Crippen molar-refractivity contribution in [2.24, 2.45) is 0 Å². The predicted octanol–water partition coefficient (Wildman–Crippen LogP) is 4.61. The van der Waals surface area contributed by atoms with Gasteiger partial charge in [-0.15, -0.1) is 0 Å². The normalized spacial score (nSPS) is 14.9. The van der Waals surface area contributed by atoms with Gasteiger partial charge in [0, 0.05) is 36.9 Å². The molecule has 0 aromatic heterocycles. The average Bonchev–Trinajstić information content (AvgIpc) is 2.55. The maximum atomic E-state index is 12.7. The highest BCUT2D eigenvalue weighted by atomic mass is 35.5. The number of carbonyl (C=O) groups excluding carboxylic acids is 1. The van der Waals surface area contributed by atoms with Gasteiger partial charge in [-0.1, -0.05) is 40.9 Å². The molecule has 0 bridgehead atoms. The lowest BCUT2D eigenvalue weighted by Crippen LogP contribution is -2.48. The molecule has 0 unspecified atom stereocenters. The summed E-state index contributed by atoms with van der Waals surface area (Å²) in [5, 5.41) is 1.50. The maximum absolute atomic E-state index is 12.7. The highest BCUT2D eigenvalue weighted by Crippen LogP contribution is 2.27. The lowest BCUT2D eigenvalue weighted by molar-refractivity contribution is 0.0747. The summed E-state index contributed by atoms with van der Waals surface area (Å²) in [6.07, 6.45) is 0. The van der Waals surface area contributed by atoms with Gasteiger partial charge in [0.15, 0.2) is 0 Å². The summed E-state index contributed by atoms with van der Waals surface area (Å²) < 4.78 is 0. The van der Waals surface area contributed by atoms with Crippen LogP contribution in [0, 0.1) is 0 Å². The number of hydrogen-bond acceptors (Lipinski definition) is 2. The number of halogens is 3. The smallest absolute Gasteiger partial charge is 0.257 e. The number of amides is 1. The van der Waals surface area contributed by atoms with Crippen molar-refractivity contribution in [3.05, 3.63) is 63.1 Å². The number of benzene rings is 2. The molecular formula is C17H15Cl3N2O. The molecule has 6 heteroatoms. The molecule has 1 aliphatic rings. The van der Waals surface area contributed by atoms with Gasteiger partial charge < -0.3 is 9.80 Å². The van der Waals surface area contributed by atoms with Crippen LogP contribution in [0.1, 0.15) is 10.4 Å². The average molecular weight is 370 g/mol. The van der Waals surface area contributed by atoms with Gasteiger partial charge in [-0.05, 0) is 36.4 Å². The molecule has 2 aromatic carbocycles. The Hall–Kier alpha value is -1.42. The first kappa shape index (κ1) is 16.4. The molecule has 2 aromatic rings. The summed E-state index contributed by atoms with van der Waals surface area (Å²) in [5.41, 5.74) is 1.49. The molecule has 0 N–H and O–H groups in total. The lowest BCUT2D eigenvalue weighted by atomic mass is 10.1. The molecule has 1 fully saturated rings. The third kappa shape index (κ3) is 3.57. The zero-order valence-corrected chi connectivity index (χ0v) is 14.6. The van der Waals surface area contributed by atoms with E-state index in [4.69, 9.17) is 34.8 Å². The summed E-state index contributed by atoms with van der Waals surface area (Å²) in [5.74, 6) is -0.114. The molecule has 120 valence electrons. The first-order chi connectivity index (χ1) is 11.1. The Balaban J connectivity index is 1.69. The van der Waals surface area contributed by atoms with Crippen LogP contribution in [-0.2, 0) is 0 Å². The zero-order chi connectivity index (χ0) is 16.4. The molecule has 23 heavy (non-hydrogen) atoms. The Labute approximate surface area is 150 Å². The van der Waals surface area contributed by atoms with E-state index in [0.717, 1.165) is 23.8 Å².